The Morgan fingerprint density at radius 1 is 0.654 bits per heavy atom. The molecule has 4 heterocycles. The summed E-state index contributed by atoms with van der Waals surface area (Å²) in [5.74, 6) is -0.455. The van der Waals surface area contributed by atoms with Crippen LogP contribution in [-0.4, -0.2) is 22.2 Å². The van der Waals surface area contributed by atoms with E-state index in [-0.39, 0.29) is 0 Å². The SMILES string of the molecule is O=C(O)C1=C2SCc3ccc(cc3)CSC3=C(C(=O)O)SC(=C(S2)S1)S3. The van der Waals surface area contributed by atoms with Crippen molar-refractivity contribution in [2.45, 2.75) is 11.5 Å². The van der Waals surface area contributed by atoms with E-state index in [4.69, 9.17) is 0 Å². The molecule has 4 aliphatic rings. The summed E-state index contributed by atoms with van der Waals surface area (Å²) in [5, 5.41) is 19.1. The van der Waals surface area contributed by atoms with E-state index < -0.39 is 11.9 Å². The van der Waals surface area contributed by atoms with Crippen LogP contribution in [0, 0.1) is 0 Å². The third kappa shape index (κ3) is 3.85. The zero-order valence-corrected chi connectivity index (χ0v) is 17.8. The highest BCUT2D eigenvalue weighted by molar-refractivity contribution is 8.40. The first kappa shape index (κ1) is 18.8. The minimum atomic E-state index is -0.936. The van der Waals surface area contributed by atoms with Crippen molar-refractivity contribution in [2.75, 3.05) is 0 Å². The molecule has 26 heavy (non-hydrogen) atoms. The molecule has 0 aromatic heterocycles. The number of benzene rings is 1. The van der Waals surface area contributed by atoms with Gasteiger partial charge in [0.15, 0.2) is 0 Å². The predicted octanol–water partition coefficient (Wildman–Crippen LogP) is 5.76. The van der Waals surface area contributed by atoms with E-state index in [0.29, 0.717) is 21.3 Å². The van der Waals surface area contributed by atoms with Crippen molar-refractivity contribution in [2.24, 2.45) is 0 Å². The summed E-state index contributed by atoms with van der Waals surface area (Å²) in [6, 6.07) is 8.20. The molecule has 0 fully saturated rings. The maximum atomic E-state index is 11.6. The molecular formula is C16H10O4S6. The van der Waals surface area contributed by atoms with Gasteiger partial charge in [0.25, 0.3) is 0 Å². The lowest BCUT2D eigenvalue weighted by Gasteiger charge is -2.07. The van der Waals surface area contributed by atoms with E-state index in [0.717, 1.165) is 28.1 Å². The average molecular weight is 459 g/mol. The second-order valence-electron chi connectivity index (χ2n) is 5.22. The van der Waals surface area contributed by atoms with Gasteiger partial charge in [-0.1, -0.05) is 71.3 Å². The Labute approximate surface area is 175 Å². The largest absolute Gasteiger partial charge is 0.477 e. The Bertz CT molecular complexity index is 827. The molecule has 0 atom stereocenters. The van der Waals surface area contributed by atoms with Gasteiger partial charge in [-0.15, -0.1) is 23.5 Å². The number of hydrogen-bond donors (Lipinski definition) is 2. The molecular weight excluding hydrogens is 449 g/mol. The molecule has 0 saturated carbocycles. The molecule has 2 N–H and O–H groups in total. The van der Waals surface area contributed by atoms with Crippen molar-refractivity contribution in [1.29, 1.82) is 0 Å². The fourth-order valence-electron chi connectivity index (χ4n) is 2.22. The van der Waals surface area contributed by atoms with Crippen LogP contribution in [0.1, 0.15) is 11.1 Å². The lowest BCUT2D eigenvalue weighted by Crippen LogP contribution is -1.96. The van der Waals surface area contributed by atoms with Crippen LogP contribution in [0.15, 0.2) is 51.0 Å². The number of hydrogen-bond acceptors (Lipinski definition) is 8. The number of fused-ring (bicyclic) bond motifs is 4. The fourth-order valence-corrected chi connectivity index (χ4v) is 10.5. The first-order chi connectivity index (χ1) is 12.5. The number of thioether (sulfide) groups is 6. The smallest absolute Gasteiger partial charge is 0.344 e. The molecule has 0 unspecified atom stereocenters. The Morgan fingerprint density at radius 3 is 1.38 bits per heavy atom. The van der Waals surface area contributed by atoms with E-state index in [1.54, 1.807) is 0 Å². The van der Waals surface area contributed by atoms with Gasteiger partial charge >= 0.3 is 11.9 Å². The molecule has 0 radical (unpaired) electrons. The quantitative estimate of drug-likeness (QED) is 0.571. The molecule has 0 amide bonds. The van der Waals surface area contributed by atoms with Crippen molar-refractivity contribution >= 4 is 82.5 Å². The van der Waals surface area contributed by atoms with Crippen molar-refractivity contribution in [3.8, 4) is 0 Å². The highest BCUT2D eigenvalue weighted by Crippen LogP contribution is 2.63. The zero-order chi connectivity index (χ0) is 18.3. The monoisotopic (exact) mass is 458 g/mol. The predicted molar refractivity (Wildman–Crippen MR) is 116 cm³/mol. The highest BCUT2D eigenvalue weighted by Gasteiger charge is 2.34. The minimum Gasteiger partial charge on any atom is -0.477 e. The van der Waals surface area contributed by atoms with Crippen LogP contribution < -0.4 is 0 Å². The number of carbonyl (C=O) groups is 2. The molecule has 1 aromatic rings. The summed E-state index contributed by atoms with van der Waals surface area (Å²) in [4.78, 5) is 23.9. The molecule has 5 rings (SSSR count). The first-order valence-electron chi connectivity index (χ1n) is 7.25. The van der Waals surface area contributed by atoms with Gasteiger partial charge in [0.05, 0.1) is 16.9 Å². The highest BCUT2D eigenvalue weighted by atomic mass is 32.2. The van der Waals surface area contributed by atoms with Crippen LogP contribution in [-0.2, 0) is 21.1 Å². The second kappa shape index (κ2) is 7.84. The van der Waals surface area contributed by atoms with Gasteiger partial charge in [-0.3, -0.25) is 0 Å². The number of carboxylic acid groups (broad SMARTS) is 2. The Balaban J connectivity index is 1.75. The Hall–Kier alpha value is -0.520. The van der Waals surface area contributed by atoms with Crippen LogP contribution in [0.4, 0.5) is 0 Å². The molecule has 10 heteroatoms. The summed E-state index contributed by atoms with van der Waals surface area (Å²) in [6.07, 6.45) is 0. The topological polar surface area (TPSA) is 74.6 Å². The molecule has 0 spiro atoms. The maximum Gasteiger partial charge on any atom is 0.344 e. The standard InChI is InChI=1S/C16H10O4S6/c17-11(18)9-13-21-5-7-1-2-8(4-3-7)6-22-14-10(12(19)20)24-16(26-14)15(23-9)25-13/h1-4H,5-6H2,(H,17,18)(H,19,20). The third-order valence-electron chi connectivity index (χ3n) is 3.45. The second-order valence-corrected chi connectivity index (χ2v) is 12.3. The van der Waals surface area contributed by atoms with Crippen molar-refractivity contribution in [3.63, 3.8) is 0 Å². The third-order valence-corrected chi connectivity index (χ3v) is 12.1. The first-order valence-corrected chi connectivity index (χ1v) is 12.5. The average Bonchev–Trinajstić information content (AvgIpc) is 3.22. The molecule has 4 aliphatic heterocycles. The summed E-state index contributed by atoms with van der Waals surface area (Å²) in [7, 11) is 0. The van der Waals surface area contributed by atoms with Gasteiger partial charge in [-0.25, -0.2) is 9.59 Å². The van der Waals surface area contributed by atoms with Crippen LogP contribution in [0.25, 0.3) is 0 Å². The Morgan fingerprint density at radius 2 is 1.04 bits per heavy atom. The van der Waals surface area contributed by atoms with E-state index in [9.17, 15) is 19.8 Å². The van der Waals surface area contributed by atoms with E-state index in [2.05, 4.69) is 0 Å². The molecule has 134 valence electrons. The summed E-state index contributed by atoms with van der Waals surface area (Å²) < 4.78 is 3.26. The normalized spacial score (nSPS) is 20.0. The molecule has 4 nitrogen and oxygen atoms in total. The van der Waals surface area contributed by atoms with Crippen LogP contribution in [0.2, 0.25) is 0 Å². The summed E-state index contributed by atoms with van der Waals surface area (Å²) in [5.41, 5.74) is 2.28. The molecule has 0 aliphatic carbocycles. The van der Waals surface area contributed by atoms with Crippen LogP contribution >= 0.6 is 70.6 Å². The fraction of sp³-hybridized carbons (Fsp3) is 0.125. The number of carboxylic acids is 2. The number of aliphatic carboxylic acids is 2. The van der Waals surface area contributed by atoms with Crippen molar-refractivity contribution in [1.82, 2.24) is 0 Å². The maximum absolute atomic E-state index is 11.6. The van der Waals surface area contributed by atoms with Gasteiger partial charge < -0.3 is 10.2 Å². The lowest BCUT2D eigenvalue weighted by atomic mass is 10.2. The minimum absolute atomic E-state index is 0.327. The molecule has 6 bridgehead atoms. The van der Waals surface area contributed by atoms with Gasteiger partial charge in [0.1, 0.15) is 9.81 Å². The summed E-state index contributed by atoms with van der Waals surface area (Å²) in [6.45, 7) is 0. The summed E-state index contributed by atoms with van der Waals surface area (Å²) >= 11 is 8.38. The van der Waals surface area contributed by atoms with Gasteiger partial charge in [0, 0.05) is 11.5 Å². The van der Waals surface area contributed by atoms with Crippen LogP contribution in [0.5, 0.6) is 0 Å². The van der Waals surface area contributed by atoms with Crippen molar-refractivity contribution < 1.29 is 19.8 Å². The number of rotatable bonds is 2. The van der Waals surface area contributed by atoms with Crippen molar-refractivity contribution in [3.05, 3.63) is 62.2 Å². The van der Waals surface area contributed by atoms with Gasteiger partial charge in [-0.2, -0.15) is 0 Å². The van der Waals surface area contributed by atoms with Gasteiger partial charge in [-0.05, 0) is 11.1 Å². The molecule has 1 aromatic carbocycles. The van der Waals surface area contributed by atoms with E-state index in [1.165, 1.54) is 70.6 Å². The van der Waals surface area contributed by atoms with E-state index >= 15 is 0 Å². The van der Waals surface area contributed by atoms with E-state index in [1.807, 2.05) is 24.3 Å². The Kier molecular flexibility index (Phi) is 5.68. The van der Waals surface area contributed by atoms with Crippen LogP contribution in [0.3, 0.4) is 0 Å². The lowest BCUT2D eigenvalue weighted by molar-refractivity contribution is -0.132. The zero-order valence-electron chi connectivity index (χ0n) is 12.9. The van der Waals surface area contributed by atoms with Gasteiger partial charge in [0.2, 0.25) is 0 Å². The molecule has 0 saturated heterocycles.